The Bertz CT molecular complexity index is 480. The quantitative estimate of drug-likeness (QED) is 0.907. The van der Waals surface area contributed by atoms with Gasteiger partial charge in [0.1, 0.15) is 5.60 Å². The van der Waals surface area contributed by atoms with Crippen molar-refractivity contribution in [2.75, 3.05) is 6.54 Å². The lowest BCUT2D eigenvalue weighted by Crippen LogP contribution is -2.40. The molecule has 0 radical (unpaired) electrons. The Labute approximate surface area is 126 Å². The van der Waals surface area contributed by atoms with Gasteiger partial charge in [-0.05, 0) is 33.3 Å². The number of ether oxygens (including phenoxy) is 1. The predicted molar refractivity (Wildman–Crippen MR) is 81.6 cm³/mol. The number of benzene rings is 1. The summed E-state index contributed by atoms with van der Waals surface area (Å²) in [5, 5.41) is 0. The second-order valence-corrected chi connectivity index (χ2v) is 5.86. The van der Waals surface area contributed by atoms with E-state index in [4.69, 9.17) is 10.5 Å². The van der Waals surface area contributed by atoms with E-state index in [1.54, 1.807) is 0 Å². The number of amides is 2. The fourth-order valence-electron chi connectivity index (χ4n) is 2.07. The van der Waals surface area contributed by atoms with Gasteiger partial charge in [-0.15, -0.1) is 0 Å². The maximum atomic E-state index is 12.3. The molecule has 5 heteroatoms. The van der Waals surface area contributed by atoms with E-state index in [1.165, 1.54) is 4.90 Å². The molecule has 0 saturated heterocycles. The van der Waals surface area contributed by atoms with Gasteiger partial charge in [-0.3, -0.25) is 4.79 Å². The average Bonchev–Trinajstić information content (AvgIpc) is 2.37. The van der Waals surface area contributed by atoms with Gasteiger partial charge in [-0.25, -0.2) is 4.79 Å². The van der Waals surface area contributed by atoms with Gasteiger partial charge in [0, 0.05) is 6.54 Å². The molecule has 5 nitrogen and oxygen atoms in total. The van der Waals surface area contributed by atoms with Gasteiger partial charge in [0.2, 0.25) is 5.91 Å². The summed E-state index contributed by atoms with van der Waals surface area (Å²) < 4.78 is 5.41. The lowest BCUT2D eigenvalue weighted by molar-refractivity contribution is -0.119. The molecule has 0 aromatic heterocycles. The zero-order chi connectivity index (χ0) is 16.0. The molecule has 0 fully saturated rings. The van der Waals surface area contributed by atoms with Crippen molar-refractivity contribution in [3.05, 3.63) is 35.9 Å². The van der Waals surface area contributed by atoms with E-state index >= 15 is 0 Å². The van der Waals surface area contributed by atoms with Crippen molar-refractivity contribution in [3.8, 4) is 0 Å². The molecule has 0 spiro atoms. The summed E-state index contributed by atoms with van der Waals surface area (Å²) in [5.74, 6) is -0.453. The maximum Gasteiger partial charge on any atom is 0.410 e. The van der Waals surface area contributed by atoms with Crippen LogP contribution in [-0.2, 0) is 9.53 Å². The van der Waals surface area contributed by atoms with Crippen molar-refractivity contribution in [1.82, 2.24) is 4.90 Å². The molecule has 0 saturated carbocycles. The number of primary amides is 1. The molecular formula is C16H24N2O3. The highest BCUT2D eigenvalue weighted by Crippen LogP contribution is 2.26. The monoisotopic (exact) mass is 292 g/mol. The Morgan fingerprint density at radius 1 is 1.24 bits per heavy atom. The molecule has 0 bridgehead atoms. The number of nitrogens with zero attached hydrogens (tertiary/aromatic N) is 1. The number of nitrogens with two attached hydrogens (primary N) is 1. The van der Waals surface area contributed by atoms with Crippen molar-refractivity contribution in [2.45, 2.75) is 45.8 Å². The molecule has 0 aliphatic heterocycles. The van der Waals surface area contributed by atoms with E-state index in [9.17, 15) is 9.59 Å². The van der Waals surface area contributed by atoms with E-state index in [1.807, 2.05) is 58.0 Å². The Hall–Kier alpha value is -2.04. The van der Waals surface area contributed by atoms with Crippen molar-refractivity contribution >= 4 is 12.0 Å². The van der Waals surface area contributed by atoms with Gasteiger partial charge in [0.15, 0.2) is 0 Å². The van der Waals surface area contributed by atoms with Crippen molar-refractivity contribution < 1.29 is 14.3 Å². The third-order valence-corrected chi connectivity index (χ3v) is 2.92. The van der Waals surface area contributed by atoms with Crippen LogP contribution in [0, 0.1) is 0 Å². The largest absolute Gasteiger partial charge is 0.444 e. The minimum atomic E-state index is -0.585. The van der Waals surface area contributed by atoms with Crippen LogP contribution in [-0.4, -0.2) is 29.0 Å². The van der Waals surface area contributed by atoms with Crippen LogP contribution < -0.4 is 5.73 Å². The van der Waals surface area contributed by atoms with E-state index in [2.05, 4.69) is 0 Å². The number of rotatable bonds is 5. The Balaban J connectivity index is 3.04. The zero-order valence-electron chi connectivity index (χ0n) is 13.1. The summed E-state index contributed by atoms with van der Waals surface area (Å²) in [6, 6.07) is 8.96. The second-order valence-electron chi connectivity index (χ2n) is 5.86. The maximum absolute atomic E-state index is 12.3. The van der Waals surface area contributed by atoms with Crippen molar-refractivity contribution in [1.29, 1.82) is 0 Å². The molecule has 116 valence electrons. The molecule has 1 atom stereocenters. The molecule has 0 aliphatic rings. The lowest BCUT2D eigenvalue weighted by Gasteiger charge is -2.32. The van der Waals surface area contributed by atoms with Crippen LogP contribution in [0.2, 0.25) is 0 Å². The molecule has 21 heavy (non-hydrogen) atoms. The van der Waals surface area contributed by atoms with Crippen LogP contribution in [0.15, 0.2) is 30.3 Å². The predicted octanol–water partition coefficient (Wildman–Crippen LogP) is 2.86. The Kier molecular flexibility index (Phi) is 5.76. The fourth-order valence-corrected chi connectivity index (χ4v) is 2.07. The molecular weight excluding hydrogens is 268 g/mol. The normalized spacial score (nSPS) is 12.6. The summed E-state index contributed by atoms with van der Waals surface area (Å²) in [6.07, 6.45) is -0.378. The SMILES string of the molecule is CCN(C(=O)OC(C)(C)C)C(CC(N)=O)c1ccccc1. The number of carbonyl (C=O) groups excluding carboxylic acids is 2. The highest BCUT2D eigenvalue weighted by molar-refractivity contribution is 5.76. The molecule has 0 heterocycles. The van der Waals surface area contributed by atoms with E-state index < -0.39 is 23.6 Å². The summed E-state index contributed by atoms with van der Waals surface area (Å²) in [7, 11) is 0. The van der Waals surface area contributed by atoms with Crippen LogP contribution >= 0.6 is 0 Å². The van der Waals surface area contributed by atoms with Crippen LogP contribution in [0.4, 0.5) is 4.79 Å². The first-order chi connectivity index (χ1) is 9.74. The van der Waals surface area contributed by atoms with E-state index in [0.717, 1.165) is 5.56 Å². The van der Waals surface area contributed by atoms with Gasteiger partial charge in [0.05, 0.1) is 12.5 Å². The average molecular weight is 292 g/mol. The molecule has 2 N–H and O–H groups in total. The number of carbonyl (C=O) groups is 2. The molecule has 0 aliphatic carbocycles. The van der Waals surface area contributed by atoms with Crippen LogP contribution in [0.5, 0.6) is 0 Å². The summed E-state index contributed by atoms with van der Waals surface area (Å²) in [4.78, 5) is 25.2. The van der Waals surface area contributed by atoms with Gasteiger partial charge in [-0.1, -0.05) is 30.3 Å². The van der Waals surface area contributed by atoms with Gasteiger partial charge < -0.3 is 15.4 Å². The third kappa shape index (κ3) is 5.45. The molecule has 1 aromatic rings. The van der Waals surface area contributed by atoms with Crippen molar-refractivity contribution in [2.24, 2.45) is 5.73 Å². The standard InChI is InChI=1S/C16H24N2O3/c1-5-18(15(20)21-16(2,3)4)13(11-14(17)19)12-9-7-6-8-10-12/h6-10,13H,5,11H2,1-4H3,(H2,17,19). The zero-order valence-corrected chi connectivity index (χ0v) is 13.1. The topological polar surface area (TPSA) is 72.6 Å². The Morgan fingerprint density at radius 2 is 1.81 bits per heavy atom. The Morgan fingerprint density at radius 3 is 2.24 bits per heavy atom. The summed E-state index contributed by atoms with van der Waals surface area (Å²) in [5.41, 5.74) is 5.61. The lowest BCUT2D eigenvalue weighted by atomic mass is 10.0. The highest BCUT2D eigenvalue weighted by Gasteiger charge is 2.29. The first kappa shape index (κ1) is 17.0. The van der Waals surface area contributed by atoms with Crippen LogP contribution in [0.25, 0.3) is 0 Å². The van der Waals surface area contributed by atoms with E-state index in [0.29, 0.717) is 6.54 Å². The van der Waals surface area contributed by atoms with Crippen LogP contribution in [0.1, 0.15) is 45.7 Å². The first-order valence-electron chi connectivity index (χ1n) is 7.07. The highest BCUT2D eigenvalue weighted by atomic mass is 16.6. The molecule has 2 amide bonds. The first-order valence-corrected chi connectivity index (χ1v) is 7.07. The summed E-state index contributed by atoms with van der Waals surface area (Å²) in [6.45, 7) is 7.71. The minimum absolute atomic E-state index is 0.0666. The van der Waals surface area contributed by atoms with Crippen LogP contribution in [0.3, 0.4) is 0 Å². The molecule has 1 rings (SSSR count). The number of hydrogen-bond acceptors (Lipinski definition) is 3. The molecule has 1 aromatic carbocycles. The minimum Gasteiger partial charge on any atom is -0.444 e. The van der Waals surface area contributed by atoms with Crippen molar-refractivity contribution in [3.63, 3.8) is 0 Å². The second kappa shape index (κ2) is 7.11. The molecule has 1 unspecified atom stereocenters. The van der Waals surface area contributed by atoms with E-state index in [-0.39, 0.29) is 6.42 Å². The smallest absolute Gasteiger partial charge is 0.410 e. The number of hydrogen-bond donors (Lipinski definition) is 1. The third-order valence-electron chi connectivity index (χ3n) is 2.92. The fraction of sp³-hybridized carbons (Fsp3) is 0.500. The summed E-state index contributed by atoms with van der Waals surface area (Å²) >= 11 is 0. The van der Waals surface area contributed by atoms with Gasteiger partial charge >= 0.3 is 6.09 Å². The van der Waals surface area contributed by atoms with Gasteiger partial charge in [0.25, 0.3) is 0 Å². The van der Waals surface area contributed by atoms with Gasteiger partial charge in [-0.2, -0.15) is 0 Å².